The second-order valence-corrected chi connectivity index (χ2v) is 5.17. The summed E-state index contributed by atoms with van der Waals surface area (Å²) in [4.78, 5) is 37.0. The van der Waals surface area contributed by atoms with Gasteiger partial charge >= 0.3 is 0 Å². The molecule has 0 aliphatic heterocycles. The molecule has 7 heteroatoms. The predicted octanol–water partition coefficient (Wildman–Crippen LogP) is 2.47. The quantitative estimate of drug-likeness (QED) is 0.653. The van der Waals surface area contributed by atoms with Crippen molar-refractivity contribution in [3.63, 3.8) is 0 Å². The van der Waals surface area contributed by atoms with Crippen LogP contribution < -0.4 is 10.9 Å². The summed E-state index contributed by atoms with van der Waals surface area (Å²) in [6.45, 7) is 3.57. The van der Waals surface area contributed by atoms with E-state index >= 15 is 0 Å². The summed E-state index contributed by atoms with van der Waals surface area (Å²) >= 11 is 0. The van der Waals surface area contributed by atoms with Crippen LogP contribution in [0.4, 0.5) is 5.69 Å². The normalized spacial score (nSPS) is 11.7. The molecule has 0 saturated carbocycles. The predicted molar refractivity (Wildman–Crippen MR) is 85.4 cm³/mol. The van der Waals surface area contributed by atoms with Crippen LogP contribution in [0.25, 0.3) is 0 Å². The Morgan fingerprint density at radius 3 is 2.70 bits per heavy atom. The van der Waals surface area contributed by atoms with Crippen LogP contribution >= 0.6 is 0 Å². The van der Waals surface area contributed by atoms with Crippen molar-refractivity contribution >= 4 is 11.6 Å². The number of pyridine rings is 1. The molecule has 2 rings (SSSR count). The van der Waals surface area contributed by atoms with Gasteiger partial charge in [0.15, 0.2) is 0 Å². The standard InChI is InChI=1S/C16H17N3O4/c1-3-14(11-5-4-6-12(9-11)19(22)23)18-16(21)13-8-7-10(2)17-15(13)20/h4-9,14H,3H2,1-2H3,(H,17,20)(H,18,21). The van der Waals surface area contributed by atoms with Gasteiger partial charge in [-0.2, -0.15) is 0 Å². The van der Waals surface area contributed by atoms with Gasteiger partial charge in [0, 0.05) is 17.8 Å². The molecule has 120 valence electrons. The van der Waals surface area contributed by atoms with Crippen LogP contribution in [0.3, 0.4) is 0 Å². The van der Waals surface area contributed by atoms with Crippen molar-refractivity contribution in [3.05, 3.63) is 73.7 Å². The maximum atomic E-state index is 12.3. The number of nitro groups is 1. The van der Waals surface area contributed by atoms with Crippen LogP contribution in [-0.4, -0.2) is 15.8 Å². The molecule has 1 unspecified atom stereocenters. The van der Waals surface area contributed by atoms with E-state index in [2.05, 4.69) is 10.3 Å². The van der Waals surface area contributed by atoms with Crippen LogP contribution in [0.1, 0.15) is 41.0 Å². The Morgan fingerprint density at radius 1 is 1.35 bits per heavy atom. The van der Waals surface area contributed by atoms with Gasteiger partial charge in [0.05, 0.1) is 11.0 Å². The summed E-state index contributed by atoms with van der Waals surface area (Å²) in [5.74, 6) is -0.510. The molecule has 1 aromatic carbocycles. The molecule has 23 heavy (non-hydrogen) atoms. The van der Waals surface area contributed by atoms with E-state index in [1.165, 1.54) is 18.2 Å². The first-order chi connectivity index (χ1) is 10.9. The van der Waals surface area contributed by atoms with Crippen molar-refractivity contribution in [2.75, 3.05) is 0 Å². The van der Waals surface area contributed by atoms with E-state index < -0.39 is 22.4 Å². The Balaban J connectivity index is 2.25. The second-order valence-electron chi connectivity index (χ2n) is 5.17. The zero-order chi connectivity index (χ0) is 17.0. The molecule has 1 amide bonds. The minimum absolute atomic E-state index is 0.0134. The number of hydrogen-bond acceptors (Lipinski definition) is 4. The minimum Gasteiger partial charge on any atom is -0.345 e. The summed E-state index contributed by atoms with van der Waals surface area (Å²) in [6, 6.07) is 8.79. The molecule has 0 aliphatic carbocycles. The number of non-ortho nitro benzene ring substituents is 1. The van der Waals surface area contributed by atoms with Gasteiger partial charge in [0.1, 0.15) is 5.56 Å². The highest BCUT2D eigenvalue weighted by Crippen LogP contribution is 2.21. The van der Waals surface area contributed by atoms with Gasteiger partial charge in [0.2, 0.25) is 0 Å². The van der Waals surface area contributed by atoms with Gasteiger partial charge in [-0.3, -0.25) is 19.7 Å². The number of aromatic amines is 1. The average molecular weight is 315 g/mol. The number of rotatable bonds is 5. The third kappa shape index (κ3) is 3.82. The molecule has 7 nitrogen and oxygen atoms in total. The lowest BCUT2D eigenvalue weighted by Gasteiger charge is -2.17. The van der Waals surface area contributed by atoms with Crippen molar-refractivity contribution in [1.82, 2.24) is 10.3 Å². The van der Waals surface area contributed by atoms with E-state index in [0.717, 1.165) is 0 Å². The molecule has 1 atom stereocenters. The first kappa shape index (κ1) is 16.4. The Morgan fingerprint density at radius 2 is 2.09 bits per heavy atom. The third-order valence-electron chi connectivity index (χ3n) is 3.50. The Hall–Kier alpha value is -2.96. The fourth-order valence-corrected chi connectivity index (χ4v) is 2.26. The van der Waals surface area contributed by atoms with Crippen molar-refractivity contribution in [2.24, 2.45) is 0 Å². The van der Waals surface area contributed by atoms with Crippen molar-refractivity contribution in [3.8, 4) is 0 Å². The molecule has 0 bridgehead atoms. The monoisotopic (exact) mass is 315 g/mol. The number of carbonyl (C=O) groups is 1. The molecule has 1 heterocycles. The zero-order valence-electron chi connectivity index (χ0n) is 12.8. The Labute approximate surface area is 132 Å². The maximum absolute atomic E-state index is 12.3. The maximum Gasteiger partial charge on any atom is 0.269 e. The largest absolute Gasteiger partial charge is 0.345 e. The number of H-pyrrole nitrogens is 1. The topological polar surface area (TPSA) is 105 Å². The lowest BCUT2D eigenvalue weighted by atomic mass is 10.0. The van der Waals surface area contributed by atoms with E-state index in [4.69, 9.17) is 0 Å². The van der Waals surface area contributed by atoms with Gasteiger partial charge in [-0.15, -0.1) is 0 Å². The highest BCUT2D eigenvalue weighted by Gasteiger charge is 2.18. The molecule has 0 spiro atoms. The summed E-state index contributed by atoms with van der Waals surface area (Å²) in [6.07, 6.45) is 0.538. The van der Waals surface area contributed by atoms with E-state index in [0.29, 0.717) is 17.7 Å². The molecule has 0 saturated heterocycles. The van der Waals surface area contributed by atoms with E-state index in [1.807, 2.05) is 6.92 Å². The Bertz CT molecular complexity index is 798. The number of nitrogens with zero attached hydrogens (tertiary/aromatic N) is 1. The summed E-state index contributed by atoms with van der Waals surface area (Å²) < 4.78 is 0. The van der Waals surface area contributed by atoms with Crippen molar-refractivity contribution in [2.45, 2.75) is 26.3 Å². The van der Waals surface area contributed by atoms with Crippen LogP contribution in [0.5, 0.6) is 0 Å². The number of nitro benzene ring substituents is 1. The van der Waals surface area contributed by atoms with Crippen LogP contribution in [0, 0.1) is 17.0 Å². The lowest BCUT2D eigenvalue weighted by Crippen LogP contribution is -2.32. The first-order valence-corrected chi connectivity index (χ1v) is 7.17. The van der Waals surface area contributed by atoms with Gasteiger partial charge < -0.3 is 10.3 Å². The van der Waals surface area contributed by atoms with Gasteiger partial charge in [-0.05, 0) is 31.0 Å². The summed E-state index contributed by atoms with van der Waals surface area (Å²) in [5, 5.41) is 13.6. The van der Waals surface area contributed by atoms with Crippen molar-refractivity contribution in [1.29, 1.82) is 0 Å². The van der Waals surface area contributed by atoms with Gasteiger partial charge in [-0.1, -0.05) is 19.1 Å². The fourth-order valence-electron chi connectivity index (χ4n) is 2.26. The number of nitrogens with one attached hydrogen (secondary N) is 2. The van der Waals surface area contributed by atoms with E-state index in [-0.39, 0.29) is 11.3 Å². The summed E-state index contributed by atoms with van der Waals surface area (Å²) in [5.41, 5.74) is 0.801. The van der Waals surface area contributed by atoms with E-state index in [1.54, 1.807) is 25.1 Å². The molecular formula is C16H17N3O4. The number of carbonyl (C=O) groups excluding carboxylic acids is 1. The zero-order valence-corrected chi connectivity index (χ0v) is 12.8. The lowest BCUT2D eigenvalue weighted by molar-refractivity contribution is -0.384. The molecule has 1 aromatic heterocycles. The Kier molecular flexibility index (Phi) is 4.90. The molecule has 0 aliphatic rings. The van der Waals surface area contributed by atoms with Gasteiger partial charge in [0.25, 0.3) is 17.2 Å². The third-order valence-corrected chi connectivity index (χ3v) is 3.50. The SMILES string of the molecule is CCC(NC(=O)c1ccc(C)[nH]c1=O)c1cccc([N+](=O)[O-])c1. The number of aromatic nitrogens is 1. The number of hydrogen-bond donors (Lipinski definition) is 2. The van der Waals surface area contributed by atoms with Crippen LogP contribution in [-0.2, 0) is 0 Å². The van der Waals surface area contributed by atoms with Crippen molar-refractivity contribution < 1.29 is 9.72 Å². The minimum atomic E-state index is -0.510. The highest BCUT2D eigenvalue weighted by molar-refractivity contribution is 5.94. The second kappa shape index (κ2) is 6.87. The smallest absolute Gasteiger partial charge is 0.269 e. The first-order valence-electron chi connectivity index (χ1n) is 7.17. The fraction of sp³-hybridized carbons (Fsp3) is 0.250. The molecule has 2 aromatic rings. The van der Waals surface area contributed by atoms with Gasteiger partial charge in [-0.25, -0.2) is 0 Å². The highest BCUT2D eigenvalue weighted by atomic mass is 16.6. The number of benzene rings is 1. The van der Waals surface area contributed by atoms with Crippen LogP contribution in [0.2, 0.25) is 0 Å². The van der Waals surface area contributed by atoms with E-state index in [9.17, 15) is 19.7 Å². The molecule has 2 N–H and O–H groups in total. The summed E-state index contributed by atoms with van der Waals surface area (Å²) in [7, 11) is 0. The van der Waals surface area contributed by atoms with Crippen LogP contribution in [0.15, 0.2) is 41.2 Å². The molecular weight excluding hydrogens is 298 g/mol. The molecule has 0 radical (unpaired) electrons. The number of amides is 1. The number of aryl methyl sites for hydroxylation is 1. The average Bonchev–Trinajstić information content (AvgIpc) is 2.52. The molecule has 0 fully saturated rings.